The van der Waals surface area contributed by atoms with Gasteiger partial charge in [-0.25, -0.2) is 0 Å². The molecule has 0 radical (unpaired) electrons. The molecule has 4 rings (SSSR count). The van der Waals surface area contributed by atoms with Crippen molar-refractivity contribution in [1.29, 1.82) is 0 Å². The number of rotatable bonds is 6. The molecule has 2 N–H and O–H groups in total. The fraction of sp³-hybridized carbons (Fsp3) is 0.182. The first kappa shape index (κ1) is 17.7. The van der Waals surface area contributed by atoms with Crippen LogP contribution in [0.15, 0.2) is 73.3 Å². The molecular formula is C22H21ClN4. The molecule has 27 heavy (non-hydrogen) atoms. The van der Waals surface area contributed by atoms with Crippen molar-refractivity contribution < 1.29 is 0 Å². The zero-order chi connectivity index (χ0) is 18.6. The van der Waals surface area contributed by atoms with Gasteiger partial charge in [-0.1, -0.05) is 35.9 Å². The summed E-state index contributed by atoms with van der Waals surface area (Å²) in [5.41, 5.74) is 9.73. The van der Waals surface area contributed by atoms with Crippen LogP contribution in [0.4, 0.5) is 0 Å². The molecular weight excluding hydrogens is 356 g/mol. The lowest BCUT2D eigenvalue weighted by Crippen LogP contribution is -2.24. The topological polar surface area (TPSA) is 56.7 Å². The molecule has 0 bridgehead atoms. The molecule has 4 nitrogen and oxygen atoms in total. The Kier molecular flexibility index (Phi) is 5.19. The number of aromatic nitrogens is 3. The molecule has 0 aliphatic heterocycles. The van der Waals surface area contributed by atoms with E-state index in [1.807, 2.05) is 47.5 Å². The Morgan fingerprint density at radius 1 is 1.00 bits per heavy atom. The van der Waals surface area contributed by atoms with Gasteiger partial charge in [0.05, 0.1) is 6.20 Å². The third kappa shape index (κ3) is 4.35. The van der Waals surface area contributed by atoms with E-state index in [9.17, 15) is 0 Å². The van der Waals surface area contributed by atoms with E-state index in [1.165, 1.54) is 10.9 Å². The van der Waals surface area contributed by atoms with E-state index in [0.717, 1.165) is 40.9 Å². The van der Waals surface area contributed by atoms with E-state index in [2.05, 4.69) is 40.5 Å². The molecule has 0 aliphatic carbocycles. The quantitative estimate of drug-likeness (QED) is 0.530. The van der Waals surface area contributed by atoms with E-state index < -0.39 is 0 Å². The van der Waals surface area contributed by atoms with E-state index in [1.54, 1.807) is 0 Å². The van der Waals surface area contributed by atoms with Crippen molar-refractivity contribution in [3.8, 4) is 11.1 Å². The molecule has 0 aliphatic rings. The van der Waals surface area contributed by atoms with Crippen molar-refractivity contribution in [2.24, 2.45) is 5.73 Å². The van der Waals surface area contributed by atoms with Crippen LogP contribution in [0, 0.1) is 0 Å². The van der Waals surface area contributed by atoms with E-state index >= 15 is 0 Å². The van der Waals surface area contributed by atoms with Crippen LogP contribution in [0.1, 0.15) is 12.0 Å². The average Bonchev–Trinajstić information content (AvgIpc) is 3.15. The molecule has 2 heterocycles. The van der Waals surface area contributed by atoms with Crippen LogP contribution in [0.25, 0.3) is 21.9 Å². The minimum Gasteiger partial charge on any atom is -0.327 e. The second kappa shape index (κ2) is 7.91. The Labute approximate surface area is 163 Å². The Bertz CT molecular complexity index is 1060. The van der Waals surface area contributed by atoms with Crippen LogP contribution in [0.5, 0.6) is 0 Å². The number of benzene rings is 2. The number of nitrogens with two attached hydrogens (primary N) is 1. The van der Waals surface area contributed by atoms with Gasteiger partial charge < -0.3 is 5.73 Å². The Balaban J connectivity index is 1.40. The predicted molar refractivity (Wildman–Crippen MR) is 111 cm³/mol. The number of pyridine rings is 1. The summed E-state index contributed by atoms with van der Waals surface area (Å²) in [4.78, 5) is 4.16. The monoisotopic (exact) mass is 376 g/mol. The minimum atomic E-state index is 0.0734. The summed E-state index contributed by atoms with van der Waals surface area (Å²) in [7, 11) is 0. The van der Waals surface area contributed by atoms with Gasteiger partial charge >= 0.3 is 0 Å². The Hall–Kier alpha value is -2.69. The minimum absolute atomic E-state index is 0.0734. The third-order valence-electron chi connectivity index (χ3n) is 4.72. The summed E-state index contributed by atoms with van der Waals surface area (Å²) in [6.07, 6.45) is 9.35. The van der Waals surface area contributed by atoms with Gasteiger partial charge in [0, 0.05) is 47.1 Å². The maximum Gasteiger partial charge on any atom is 0.0568 e. The van der Waals surface area contributed by atoms with Crippen molar-refractivity contribution in [2.45, 2.75) is 25.4 Å². The predicted octanol–water partition coefficient (Wildman–Crippen LogP) is 4.71. The number of hydrogen-bond donors (Lipinski definition) is 1. The normalized spacial score (nSPS) is 12.4. The fourth-order valence-corrected chi connectivity index (χ4v) is 3.48. The maximum atomic E-state index is 6.29. The molecule has 0 saturated carbocycles. The molecule has 1 atom stereocenters. The second-order valence-electron chi connectivity index (χ2n) is 6.81. The summed E-state index contributed by atoms with van der Waals surface area (Å²) >= 11 is 6.04. The lowest BCUT2D eigenvalue weighted by atomic mass is 10.0. The zero-order valence-corrected chi connectivity index (χ0v) is 15.7. The highest BCUT2D eigenvalue weighted by atomic mass is 35.5. The first-order valence-electron chi connectivity index (χ1n) is 9.04. The highest BCUT2D eigenvalue weighted by Gasteiger charge is 2.07. The second-order valence-corrected chi connectivity index (χ2v) is 7.25. The summed E-state index contributed by atoms with van der Waals surface area (Å²) in [5, 5.41) is 7.56. The van der Waals surface area contributed by atoms with Gasteiger partial charge in [-0.2, -0.15) is 5.10 Å². The molecule has 136 valence electrons. The van der Waals surface area contributed by atoms with Crippen LogP contribution >= 0.6 is 11.6 Å². The highest BCUT2D eigenvalue weighted by Crippen LogP contribution is 2.23. The molecule has 0 spiro atoms. The van der Waals surface area contributed by atoms with Crippen molar-refractivity contribution >= 4 is 22.4 Å². The Morgan fingerprint density at radius 3 is 2.81 bits per heavy atom. The SMILES string of the molecule is N[C@H](CCn1cc(-c2ccc3cnccc3c2)cn1)Cc1cccc(Cl)c1. The first-order chi connectivity index (χ1) is 13.2. The van der Waals surface area contributed by atoms with Crippen molar-refractivity contribution in [3.05, 3.63) is 83.9 Å². The summed E-state index contributed by atoms with van der Waals surface area (Å²) < 4.78 is 1.96. The molecule has 0 amide bonds. The maximum absolute atomic E-state index is 6.29. The molecule has 4 aromatic rings. The van der Waals surface area contributed by atoms with Gasteiger partial charge in [0.15, 0.2) is 0 Å². The summed E-state index contributed by atoms with van der Waals surface area (Å²) in [6.45, 7) is 0.791. The smallest absolute Gasteiger partial charge is 0.0568 e. The lowest BCUT2D eigenvalue weighted by Gasteiger charge is -2.12. The number of hydrogen-bond acceptors (Lipinski definition) is 3. The van der Waals surface area contributed by atoms with E-state index in [0.29, 0.717) is 0 Å². The highest BCUT2D eigenvalue weighted by molar-refractivity contribution is 6.30. The van der Waals surface area contributed by atoms with Gasteiger partial charge in [0.2, 0.25) is 0 Å². The zero-order valence-electron chi connectivity index (χ0n) is 14.9. The fourth-order valence-electron chi connectivity index (χ4n) is 3.26. The number of aryl methyl sites for hydroxylation is 1. The Morgan fingerprint density at radius 2 is 1.93 bits per heavy atom. The van der Waals surface area contributed by atoms with Gasteiger partial charge in [-0.15, -0.1) is 0 Å². The summed E-state index contributed by atoms with van der Waals surface area (Å²) in [5.74, 6) is 0. The first-order valence-corrected chi connectivity index (χ1v) is 9.42. The molecule has 0 saturated heterocycles. The number of halogens is 1. The van der Waals surface area contributed by atoms with E-state index in [-0.39, 0.29) is 6.04 Å². The van der Waals surface area contributed by atoms with Crippen LogP contribution in [0.3, 0.4) is 0 Å². The standard InChI is InChI=1S/C22H21ClN4/c23-21-3-1-2-16(10-21)11-22(24)7-9-27-15-20(14-26-27)17-4-5-19-13-25-8-6-18(19)12-17/h1-6,8,10,12-15,22H,7,9,11,24H2/t22-/m1/s1. The van der Waals surface area contributed by atoms with Gasteiger partial charge in [0.25, 0.3) is 0 Å². The van der Waals surface area contributed by atoms with Crippen LogP contribution < -0.4 is 5.73 Å². The van der Waals surface area contributed by atoms with Crippen LogP contribution in [-0.4, -0.2) is 20.8 Å². The van der Waals surface area contributed by atoms with Crippen molar-refractivity contribution in [3.63, 3.8) is 0 Å². The van der Waals surface area contributed by atoms with Gasteiger partial charge in [-0.05, 0) is 53.6 Å². The van der Waals surface area contributed by atoms with Crippen LogP contribution in [0.2, 0.25) is 5.02 Å². The molecule has 2 aromatic carbocycles. The molecule has 0 unspecified atom stereocenters. The van der Waals surface area contributed by atoms with E-state index in [4.69, 9.17) is 17.3 Å². The van der Waals surface area contributed by atoms with Crippen molar-refractivity contribution in [1.82, 2.24) is 14.8 Å². The third-order valence-corrected chi connectivity index (χ3v) is 4.96. The number of nitrogens with zero attached hydrogens (tertiary/aromatic N) is 3. The van der Waals surface area contributed by atoms with Gasteiger partial charge in [0.1, 0.15) is 0 Å². The molecule has 5 heteroatoms. The average molecular weight is 377 g/mol. The molecule has 0 fully saturated rings. The lowest BCUT2D eigenvalue weighted by molar-refractivity contribution is 0.507. The largest absolute Gasteiger partial charge is 0.327 e. The number of fused-ring (bicyclic) bond motifs is 1. The van der Waals surface area contributed by atoms with Crippen molar-refractivity contribution in [2.75, 3.05) is 0 Å². The molecule has 2 aromatic heterocycles. The van der Waals surface area contributed by atoms with Gasteiger partial charge in [-0.3, -0.25) is 9.67 Å². The summed E-state index contributed by atoms with van der Waals surface area (Å²) in [6, 6.07) is 16.3. The van der Waals surface area contributed by atoms with Crippen LogP contribution in [-0.2, 0) is 13.0 Å².